The average molecular weight is 194 g/mol. The molecule has 0 bridgehead atoms. The van der Waals surface area contributed by atoms with Crippen molar-refractivity contribution in [1.82, 2.24) is 0 Å². The van der Waals surface area contributed by atoms with Gasteiger partial charge in [0.05, 0.1) is 18.8 Å². The van der Waals surface area contributed by atoms with Crippen molar-refractivity contribution in [3.63, 3.8) is 0 Å². The minimum Gasteiger partial charge on any atom is -0.357 e. The second-order valence-corrected chi connectivity index (χ2v) is 5.62. The van der Waals surface area contributed by atoms with Crippen LogP contribution in [0.1, 0.15) is 12.8 Å². The highest BCUT2D eigenvalue weighted by molar-refractivity contribution is 7.91. The predicted molar refractivity (Wildman–Crippen MR) is 46.2 cm³/mol. The molecule has 1 atom stereocenters. The maximum atomic E-state index is 11.0. The zero-order chi connectivity index (χ0) is 9.03. The van der Waals surface area contributed by atoms with E-state index >= 15 is 0 Å². The summed E-state index contributed by atoms with van der Waals surface area (Å²) in [6.07, 6.45) is 1.91. The fraction of sp³-hybridized carbons (Fsp3) is 1.00. The Balaban J connectivity index is 2.20. The molecule has 0 aromatic heterocycles. The third-order valence-electron chi connectivity index (χ3n) is 2.22. The van der Waals surface area contributed by atoms with Crippen LogP contribution in [0.25, 0.3) is 0 Å². The smallest absolute Gasteiger partial charge is 0.156 e. The van der Waals surface area contributed by atoms with Crippen LogP contribution in [-0.4, -0.2) is 39.1 Å². The number of sulfone groups is 1. The van der Waals surface area contributed by atoms with Crippen LogP contribution in [0.2, 0.25) is 0 Å². The summed E-state index contributed by atoms with van der Waals surface area (Å²) in [5, 5.41) is 2.15. The van der Waals surface area contributed by atoms with Gasteiger partial charge in [-0.1, -0.05) is 0 Å². The Labute approximate surface area is 73.4 Å². The van der Waals surface area contributed by atoms with E-state index in [0.717, 1.165) is 25.9 Å². The predicted octanol–water partition coefficient (Wildman–Crippen LogP) is -2.63. The van der Waals surface area contributed by atoms with Gasteiger partial charge in [0.2, 0.25) is 0 Å². The molecule has 0 amide bonds. The summed E-state index contributed by atoms with van der Waals surface area (Å²) < 4.78 is 22.1. The van der Waals surface area contributed by atoms with Gasteiger partial charge < -0.3 is 11.1 Å². The van der Waals surface area contributed by atoms with Crippen molar-refractivity contribution >= 4 is 9.84 Å². The van der Waals surface area contributed by atoms with Crippen LogP contribution < -0.4 is 11.1 Å². The van der Waals surface area contributed by atoms with Gasteiger partial charge in [0.1, 0.15) is 11.8 Å². The fourth-order valence-electron chi connectivity index (χ4n) is 1.51. The first kappa shape index (κ1) is 9.95. The lowest BCUT2D eigenvalue weighted by atomic mass is 10.2. The minimum absolute atomic E-state index is 0.321. The first-order chi connectivity index (χ1) is 5.64. The molecule has 0 aromatic carbocycles. The Morgan fingerprint density at radius 1 is 1.50 bits per heavy atom. The lowest BCUT2D eigenvalue weighted by molar-refractivity contribution is -0.686. The Bertz CT molecular complexity index is 226. The van der Waals surface area contributed by atoms with Crippen LogP contribution in [-0.2, 0) is 9.84 Å². The average Bonchev–Trinajstić information content (AvgIpc) is 2.31. The molecule has 0 aliphatic carbocycles. The molecule has 1 unspecified atom stereocenters. The second-order valence-electron chi connectivity index (χ2n) is 3.39. The highest BCUT2D eigenvalue weighted by atomic mass is 32.2. The van der Waals surface area contributed by atoms with Crippen molar-refractivity contribution in [3.05, 3.63) is 0 Å². The third kappa shape index (κ3) is 3.08. The van der Waals surface area contributed by atoms with Gasteiger partial charge in [-0.05, 0) is 0 Å². The first-order valence-electron chi connectivity index (χ1n) is 4.47. The molecule has 1 heterocycles. The fourth-order valence-corrected chi connectivity index (χ4v) is 3.29. The molecule has 12 heavy (non-hydrogen) atoms. The van der Waals surface area contributed by atoms with Crippen molar-refractivity contribution < 1.29 is 19.5 Å². The Kier molecular flexibility index (Phi) is 3.49. The molecule has 0 radical (unpaired) electrons. The Morgan fingerprint density at radius 3 is 2.75 bits per heavy atom. The zero-order valence-corrected chi connectivity index (χ0v) is 8.15. The molecule has 5 heteroatoms. The van der Waals surface area contributed by atoms with E-state index in [9.17, 15) is 8.42 Å². The van der Waals surface area contributed by atoms with Crippen molar-refractivity contribution in [2.45, 2.75) is 18.9 Å². The lowest BCUT2D eigenvalue weighted by Crippen LogP contribution is -2.90. The van der Waals surface area contributed by atoms with Gasteiger partial charge in [0.25, 0.3) is 0 Å². The molecular formula is C7H18N2O2S+2. The third-order valence-corrected chi connectivity index (χ3v) is 4.02. The summed E-state index contributed by atoms with van der Waals surface area (Å²) in [6, 6.07) is 0.321. The number of hydrogen-bond acceptors (Lipinski definition) is 2. The van der Waals surface area contributed by atoms with Gasteiger partial charge >= 0.3 is 0 Å². The van der Waals surface area contributed by atoms with Gasteiger partial charge in [0.15, 0.2) is 9.84 Å². The van der Waals surface area contributed by atoms with Crippen LogP contribution in [0.4, 0.5) is 0 Å². The molecular weight excluding hydrogens is 176 g/mol. The van der Waals surface area contributed by atoms with Gasteiger partial charge in [-0.2, -0.15) is 0 Å². The van der Waals surface area contributed by atoms with E-state index in [-0.39, 0.29) is 0 Å². The molecule has 1 aliphatic heterocycles. The van der Waals surface area contributed by atoms with Crippen LogP contribution in [0.3, 0.4) is 0 Å². The van der Waals surface area contributed by atoms with Crippen LogP contribution >= 0.6 is 0 Å². The van der Waals surface area contributed by atoms with E-state index < -0.39 is 9.84 Å². The number of hydrogen-bond donors (Lipinski definition) is 2. The molecule has 0 aromatic rings. The van der Waals surface area contributed by atoms with E-state index in [2.05, 4.69) is 11.1 Å². The Hall–Kier alpha value is -0.130. The normalized spacial score (nSPS) is 27.6. The second kappa shape index (κ2) is 4.20. The maximum absolute atomic E-state index is 11.0. The monoisotopic (exact) mass is 194 g/mol. The highest BCUT2D eigenvalue weighted by Gasteiger charge is 2.29. The van der Waals surface area contributed by atoms with Crippen LogP contribution in [0.5, 0.6) is 0 Å². The molecule has 1 aliphatic rings. The summed E-state index contributed by atoms with van der Waals surface area (Å²) >= 11 is 0. The van der Waals surface area contributed by atoms with Crippen LogP contribution in [0, 0.1) is 0 Å². The highest BCUT2D eigenvalue weighted by Crippen LogP contribution is 2.07. The van der Waals surface area contributed by atoms with Crippen molar-refractivity contribution in [1.29, 1.82) is 0 Å². The van der Waals surface area contributed by atoms with Crippen molar-refractivity contribution in [2.24, 2.45) is 0 Å². The quantitative estimate of drug-likeness (QED) is 0.480. The standard InChI is InChI=1S/C7H16N2O2S/c8-3-1-4-9-7-2-5-12(10,11)6-7/h7,9H,1-6,8H2/p+2. The minimum atomic E-state index is -2.68. The summed E-state index contributed by atoms with van der Waals surface area (Å²) in [5.74, 6) is 0.767. The summed E-state index contributed by atoms with van der Waals surface area (Å²) in [4.78, 5) is 0. The molecule has 72 valence electrons. The lowest BCUT2D eigenvalue weighted by Gasteiger charge is -2.04. The first-order valence-corrected chi connectivity index (χ1v) is 6.29. The number of rotatable bonds is 4. The van der Waals surface area contributed by atoms with Crippen LogP contribution in [0.15, 0.2) is 0 Å². The van der Waals surface area contributed by atoms with E-state index in [0.29, 0.717) is 17.5 Å². The zero-order valence-electron chi connectivity index (χ0n) is 7.33. The summed E-state index contributed by atoms with van der Waals surface area (Å²) in [6.45, 7) is 1.96. The van der Waals surface area contributed by atoms with E-state index in [1.165, 1.54) is 0 Å². The van der Waals surface area contributed by atoms with Gasteiger partial charge in [0, 0.05) is 12.8 Å². The van der Waals surface area contributed by atoms with E-state index in [4.69, 9.17) is 0 Å². The molecule has 1 saturated heterocycles. The summed E-state index contributed by atoms with van der Waals surface area (Å²) in [7, 11) is -2.68. The molecule has 5 N–H and O–H groups in total. The van der Waals surface area contributed by atoms with Gasteiger partial charge in [-0.3, -0.25) is 0 Å². The largest absolute Gasteiger partial charge is 0.357 e. The summed E-state index contributed by atoms with van der Waals surface area (Å²) in [5.41, 5.74) is 3.74. The van der Waals surface area contributed by atoms with Gasteiger partial charge in [-0.25, -0.2) is 8.42 Å². The molecule has 4 nitrogen and oxygen atoms in total. The number of nitrogens with two attached hydrogens (primary N) is 1. The molecule has 1 fully saturated rings. The van der Waals surface area contributed by atoms with E-state index in [1.807, 2.05) is 0 Å². The molecule has 0 saturated carbocycles. The van der Waals surface area contributed by atoms with Crippen molar-refractivity contribution in [2.75, 3.05) is 24.6 Å². The topological polar surface area (TPSA) is 78.4 Å². The molecule has 0 spiro atoms. The van der Waals surface area contributed by atoms with Crippen molar-refractivity contribution in [3.8, 4) is 0 Å². The SMILES string of the molecule is [NH3+]CCC[NH2+]C1CCS(=O)(=O)C1. The van der Waals surface area contributed by atoms with Gasteiger partial charge in [-0.15, -0.1) is 0 Å². The number of quaternary nitrogens is 2. The Morgan fingerprint density at radius 2 is 2.25 bits per heavy atom. The molecule has 1 rings (SSSR count). The maximum Gasteiger partial charge on any atom is 0.156 e. The van der Waals surface area contributed by atoms with E-state index in [1.54, 1.807) is 0 Å².